The maximum atomic E-state index is 5.95. The lowest BCUT2D eigenvalue weighted by Gasteiger charge is -2.26. The van der Waals surface area contributed by atoms with Gasteiger partial charge < -0.3 is 5.73 Å². The van der Waals surface area contributed by atoms with Gasteiger partial charge >= 0.3 is 0 Å². The van der Waals surface area contributed by atoms with Crippen molar-refractivity contribution >= 4 is 0 Å². The van der Waals surface area contributed by atoms with E-state index in [2.05, 4.69) is 17.1 Å². The molecule has 0 radical (unpaired) electrons. The predicted molar refractivity (Wildman–Crippen MR) is 69.6 cm³/mol. The van der Waals surface area contributed by atoms with Gasteiger partial charge in [0.25, 0.3) is 0 Å². The van der Waals surface area contributed by atoms with Crippen LogP contribution in [-0.2, 0) is 0 Å². The molecule has 0 spiro atoms. The summed E-state index contributed by atoms with van der Waals surface area (Å²) in [6.07, 6.45) is 11.9. The largest absolute Gasteiger partial charge is 0.328 e. The Hall–Kier alpha value is -0.890. The third-order valence-corrected chi connectivity index (χ3v) is 4.56. The number of hydrogen-bond donors (Lipinski definition) is 1. The molecule has 0 aliphatic heterocycles. The van der Waals surface area contributed by atoms with Crippen LogP contribution >= 0.6 is 0 Å². The summed E-state index contributed by atoms with van der Waals surface area (Å²) in [6, 6.07) is 4.78. The zero-order valence-corrected chi connectivity index (χ0v) is 10.4. The Morgan fingerprint density at radius 1 is 1.24 bits per heavy atom. The van der Waals surface area contributed by atoms with E-state index in [9.17, 15) is 0 Å². The zero-order valence-electron chi connectivity index (χ0n) is 10.4. The van der Waals surface area contributed by atoms with E-state index in [0.29, 0.717) is 6.04 Å². The van der Waals surface area contributed by atoms with E-state index in [4.69, 9.17) is 5.73 Å². The summed E-state index contributed by atoms with van der Waals surface area (Å²) in [5, 5.41) is 0. The smallest absolute Gasteiger partial charge is 0.0302 e. The fourth-order valence-electron chi connectivity index (χ4n) is 3.36. The highest BCUT2D eigenvalue weighted by atomic mass is 14.6. The number of nitrogens with zero attached hydrogens (tertiary/aromatic N) is 1. The second-order valence-corrected chi connectivity index (χ2v) is 5.91. The molecule has 2 fully saturated rings. The van der Waals surface area contributed by atoms with E-state index in [1.54, 1.807) is 0 Å². The van der Waals surface area contributed by atoms with Gasteiger partial charge in [-0.3, -0.25) is 4.98 Å². The molecule has 92 valence electrons. The number of aromatic nitrogens is 1. The highest BCUT2D eigenvalue weighted by Gasteiger charge is 2.39. The van der Waals surface area contributed by atoms with Crippen LogP contribution in [0.1, 0.15) is 50.0 Å². The number of nitrogens with two attached hydrogens (primary N) is 1. The van der Waals surface area contributed by atoms with Crippen LogP contribution in [-0.4, -0.2) is 11.0 Å². The first kappa shape index (κ1) is 11.2. The van der Waals surface area contributed by atoms with Crippen LogP contribution in [0.5, 0.6) is 0 Å². The predicted octanol–water partition coefficient (Wildman–Crippen LogP) is 3.09. The molecule has 3 rings (SSSR count). The molecule has 0 bridgehead atoms. The first-order valence-corrected chi connectivity index (χ1v) is 6.98. The second-order valence-electron chi connectivity index (χ2n) is 5.91. The minimum atomic E-state index is 0.486. The summed E-state index contributed by atoms with van der Waals surface area (Å²) in [5.41, 5.74) is 7.40. The summed E-state index contributed by atoms with van der Waals surface area (Å²) in [6.45, 7) is 0. The van der Waals surface area contributed by atoms with Gasteiger partial charge in [0.1, 0.15) is 0 Å². The molecule has 2 aliphatic carbocycles. The average molecular weight is 230 g/mol. The maximum absolute atomic E-state index is 5.95. The van der Waals surface area contributed by atoms with Gasteiger partial charge in [-0.1, -0.05) is 6.07 Å². The third-order valence-electron chi connectivity index (χ3n) is 4.56. The van der Waals surface area contributed by atoms with Crippen molar-refractivity contribution in [3.05, 3.63) is 30.1 Å². The quantitative estimate of drug-likeness (QED) is 0.866. The zero-order chi connectivity index (χ0) is 11.7. The van der Waals surface area contributed by atoms with Gasteiger partial charge in [0, 0.05) is 18.4 Å². The molecule has 2 saturated carbocycles. The van der Waals surface area contributed by atoms with Crippen molar-refractivity contribution in [2.24, 2.45) is 17.6 Å². The van der Waals surface area contributed by atoms with Gasteiger partial charge in [0.15, 0.2) is 0 Å². The van der Waals surface area contributed by atoms with Crippen molar-refractivity contribution in [2.75, 3.05) is 0 Å². The highest BCUT2D eigenvalue weighted by molar-refractivity contribution is 5.22. The first-order chi connectivity index (χ1) is 8.33. The average Bonchev–Trinajstić information content (AvgIpc) is 3.13. The lowest BCUT2D eigenvalue weighted by molar-refractivity contribution is 0.298. The molecule has 0 saturated heterocycles. The number of rotatable bonds is 3. The molecule has 0 unspecified atom stereocenters. The summed E-state index contributed by atoms with van der Waals surface area (Å²) in [4.78, 5) is 4.22. The summed E-state index contributed by atoms with van der Waals surface area (Å²) >= 11 is 0. The topological polar surface area (TPSA) is 38.9 Å². The normalized spacial score (nSPS) is 36.8. The van der Waals surface area contributed by atoms with Crippen LogP contribution < -0.4 is 5.73 Å². The minimum Gasteiger partial charge on any atom is -0.328 e. The van der Waals surface area contributed by atoms with Crippen molar-refractivity contribution < 1.29 is 0 Å². The lowest BCUT2D eigenvalue weighted by Crippen LogP contribution is -2.26. The molecule has 2 aliphatic rings. The molecule has 0 amide bonds. The van der Waals surface area contributed by atoms with Crippen molar-refractivity contribution in [1.29, 1.82) is 0 Å². The van der Waals surface area contributed by atoms with Crippen LogP contribution in [0, 0.1) is 11.8 Å². The molecule has 2 atom stereocenters. The van der Waals surface area contributed by atoms with E-state index < -0.39 is 0 Å². The Labute approximate surface area is 104 Å². The van der Waals surface area contributed by atoms with E-state index in [1.807, 2.05) is 12.4 Å². The molecule has 1 heterocycles. The van der Waals surface area contributed by atoms with Gasteiger partial charge in [-0.25, -0.2) is 0 Å². The summed E-state index contributed by atoms with van der Waals surface area (Å²) in [5.74, 6) is 2.68. The van der Waals surface area contributed by atoms with Crippen LogP contribution in [0.15, 0.2) is 24.5 Å². The monoisotopic (exact) mass is 230 g/mol. The highest BCUT2D eigenvalue weighted by Crippen LogP contribution is 2.51. The Bertz CT molecular complexity index is 354. The Morgan fingerprint density at radius 2 is 2.06 bits per heavy atom. The van der Waals surface area contributed by atoms with Gasteiger partial charge in [0.2, 0.25) is 0 Å². The molecular formula is C15H22N2. The summed E-state index contributed by atoms with van der Waals surface area (Å²) in [7, 11) is 0. The van der Waals surface area contributed by atoms with Crippen LogP contribution in [0.4, 0.5) is 0 Å². The van der Waals surface area contributed by atoms with Crippen molar-refractivity contribution in [3.63, 3.8) is 0 Å². The van der Waals surface area contributed by atoms with Crippen LogP contribution in [0.2, 0.25) is 0 Å². The molecule has 2 nitrogen and oxygen atoms in total. The van der Waals surface area contributed by atoms with Crippen LogP contribution in [0.3, 0.4) is 0 Å². The lowest BCUT2D eigenvalue weighted by atomic mass is 9.83. The molecule has 1 aromatic heterocycles. The minimum absolute atomic E-state index is 0.486. The summed E-state index contributed by atoms with van der Waals surface area (Å²) < 4.78 is 0. The van der Waals surface area contributed by atoms with Gasteiger partial charge in [-0.2, -0.15) is 0 Å². The van der Waals surface area contributed by atoms with Crippen molar-refractivity contribution in [1.82, 2.24) is 4.98 Å². The fourth-order valence-corrected chi connectivity index (χ4v) is 3.36. The third kappa shape index (κ3) is 2.68. The maximum Gasteiger partial charge on any atom is 0.0302 e. The van der Waals surface area contributed by atoms with E-state index in [0.717, 1.165) is 17.8 Å². The van der Waals surface area contributed by atoms with E-state index in [1.165, 1.54) is 44.1 Å². The fraction of sp³-hybridized carbons (Fsp3) is 0.667. The number of pyridine rings is 1. The molecule has 2 N–H and O–H groups in total. The standard InChI is InChI=1S/C15H22N2/c16-14-5-3-11(4-6-14)8-13-9-15(13)12-2-1-7-17-10-12/h1-2,7,10-11,13-15H,3-6,8-9,16H2/t11?,13-,14?,15+/m0/s1. The van der Waals surface area contributed by atoms with Crippen molar-refractivity contribution in [2.45, 2.75) is 50.5 Å². The Balaban J connectivity index is 1.49. The molecule has 0 aromatic carbocycles. The van der Waals surface area contributed by atoms with Gasteiger partial charge in [-0.15, -0.1) is 0 Å². The Kier molecular flexibility index (Phi) is 3.15. The molecule has 1 aromatic rings. The number of hydrogen-bond acceptors (Lipinski definition) is 2. The molecular weight excluding hydrogens is 208 g/mol. The molecule has 17 heavy (non-hydrogen) atoms. The SMILES string of the molecule is NC1CCC(C[C@H]2C[C@@H]2c2cccnc2)CC1. The van der Waals surface area contributed by atoms with E-state index in [-0.39, 0.29) is 0 Å². The van der Waals surface area contributed by atoms with Gasteiger partial charge in [-0.05, 0) is 67.9 Å². The first-order valence-electron chi connectivity index (χ1n) is 6.98. The Morgan fingerprint density at radius 3 is 2.76 bits per heavy atom. The molecule has 2 heteroatoms. The van der Waals surface area contributed by atoms with Gasteiger partial charge in [0.05, 0.1) is 0 Å². The van der Waals surface area contributed by atoms with E-state index >= 15 is 0 Å². The van der Waals surface area contributed by atoms with Crippen molar-refractivity contribution in [3.8, 4) is 0 Å². The second kappa shape index (κ2) is 4.77. The van der Waals surface area contributed by atoms with Crippen LogP contribution in [0.25, 0.3) is 0 Å².